The molecule has 2 aromatic rings. The number of imide groups is 1. The fraction of sp³-hybridized carbons (Fsp3) is 0.250. The zero-order chi connectivity index (χ0) is 20.3. The van der Waals surface area contributed by atoms with Gasteiger partial charge in [0.1, 0.15) is 0 Å². The van der Waals surface area contributed by atoms with Crippen LogP contribution in [0.3, 0.4) is 0 Å². The van der Waals surface area contributed by atoms with E-state index in [2.05, 4.69) is 0 Å². The van der Waals surface area contributed by atoms with Crippen LogP contribution in [0, 0.1) is 0 Å². The number of rotatable bonds is 7. The van der Waals surface area contributed by atoms with Gasteiger partial charge in [0.05, 0.1) is 29.1 Å². The van der Waals surface area contributed by atoms with E-state index in [0.29, 0.717) is 28.7 Å². The molecule has 146 valence electrons. The van der Waals surface area contributed by atoms with Crippen molar-refractivity contribution in [2.75, 3.05) is 19.4 Å². The Labute approximate surface area is 162 Å². The molecule has 0 bridgehead atoms. The summed E-state index contributed by atoms with van der Waals surface area (Å²) in [5, 5.41) is 0. The second-order valence-electron chi connectivity index (χ2n) is 6.56. The summed E-state index contributed by atoms with van der Waals surface area (Å²) < 4.78 is 27.7. The first-order chi connectivity index (χ1) is 13.3. The van der Waals surface area contributed by atoms with Gasteiger partial charge in [-0.15, -0.1) is 0 Å². The van der Waals surface area contributed by atoms with Crippen molar-refractivity contribution in [3.63, 3.8) is 0 Å². The third-order valence-corrected chi connectivity index (χ3v) is 5.11. The molecule has 28 heavy (non-hydrogen) atoms. The van der Waals surface area contributed by atoms with E-state index in [0.717, 1.165) is 11.2 Å². The van der Waals surface area contributed by atoms with Gasteiger partial charge in [0.15, 0.2) is 9.84 Å². The number of sulfone groups is 1. The van der Waals surface area contributed by atoms with Gasteiger partial charge in [-0.3, -0.25) is 14.5 Å². The maximum atomic E-state index is 12.2. The number of esters is 1. The third-order valence-electron chi connectivity index (χ3n) is 4.26. The molecule has 0 N–H and O–H groups in total. The van der Waals surface area contributed by atoms with Crippen molar-refractivity contribution < 1.29 is 27.5 Å². The summed E-state index contributed by atoms with van der Waals surface area (Å²) >= 11 is 0. The van der Waals surface area contributed by atoms with Crippen molar-refractivity contribution in [1.29, 1.82) is 0 Å². The molecule has 0 spiro atoms. The number of carbonyl (C=O) groups is 3. The van der Waals surface area contributed by atoms with E-state index < -0.39 is 15.8 Å². The van der Waals surface area contributed by atoms with Crippen LogP contribution in [0.5, 0.6) is 0 Å². The van der Waals surface area contributed by atoms with Crippen molar-refractivity contribution in [3.05, 3.63) is 70.8 Å². The number of fused-ring (bicyclic) bond motifs is 1. The van der Waals surface area contributed by atoms with Gasteiger partial charge in [-0.25, -0.2) is 13.2 Å². The number of hydrogen-bond acceptors (Lipinski definition) is 6. The second kappa shape index (κ2) is 7.93. The Hall–Kier alpha value is -3.00. The van der Waals surface area contributed by atoms with Crippen LogP contribution in [0.1, 0.15) is 43.1 Å². The lowest BCUT2D eigenvalue weighted by molar-refractivity contribution is 0.0482. The smallest absolute Gasteiger partial charge is 0.338 e. The molecule has 0 radical (unpaired) electrons. The zero-order valence-electron chi connectivity index (χ0n) is 15.3. The van der Waals surface area contributed by atoms with Crippen LogP contribution in [0.25, 0.3) is 0 Å². The normalized spacial score (nSPS) is 13.5. The van der Waals surface area contributed by atoms with Gasteiger partial charge in [-0.2, -0.15) is 0 Å². The quantitative estimate of drug-likeness (QED) is 0.400. The number of nitrogens with zero attached hydrogens (tertiary/aromatic N) is 1. The largest absolute Gasteiger partial charge is 0.462 e. The van der Waals surface area contributed by atoms with E-state index in [1.54, 1.807) is 36.4 Å². The summed E-state index contributed by atoms with van der Waals surface area (Å²) in [6.45, 7) is 0.213. The average molecular weight is 401 g/mol. The highest BCUT2D eigenvalue weighted by molar-refractivity contribution is 7.89. The number of carbonyl (C=O) groups excluding carboxylic acids is 3. The Morgan fingerprint density at radius 2 is 1.54 bits per heavy atom. The summed E-state index contributed by atoms with van der Waals surface area (Å²) in [7, 11) is -3.14. The van der Waals surface area contributed by atoms with E-state index in [1.807, 2.05) is 0 Å². The van der Waals surface area contributed by atoms with Crippen molar-refractivity contribution in [2.45, 2.75) is 12.2 Å². The van der Waals surface area contributed by atoms with Crippen LogP contribution in [0.4, 0.5) is 0 Å². The molecule has 0 aromatic heterocycles. The minimum absolute atomic E-state index is 0.0529. The predicted molar refractivity (Wildman–Crippen MR) is 102 cm³/mol. The van der Waals surface area contributed by atoms with E-state index in [4.69, 9.17) is 4.74 Å². The first-order valence-electron chi connectivity index (χ1n) is 8.65. The number of amides is 2. The zero-order valence-corrected chi connectivity index (χ0v) is 16.1. The highest BCUT2D eigenvalue weighted by Crippen LogP contribution is 2.22. The molecule has 1 aliphatic heterocycles. The molecule has 7 nitrogen and oxygen atoms in total. The molecule has 1 heterocycles. The molecule has 2 aromatic carbocycles. The Bertz CT molecular complexity index is 992. The molecule has 3 rings (SSSR count). The lowest BCUT2D eigenvalue weighted by Crippen LogP contribution is -2.31. The summed E-state index contributed by atoms with van der Waals surface area (Å²) in [4.78, 5) is 37.7. The molecule has 2 amide bonds. The Balaban J connectivity index is 1.49. The summed E-state index contributed by atoms with van der Waals surface area (Å²) in [5.41, 5.74) is 1.67. The van der Waals surface area contributed by atoms with Crippen LogP contribution in [0.15, 0.2) is 48.5 Å². The maximum Gasteiger partial charge on any atom is 0.338 e. The third kappa shape index (κ3) is 4.45. The molecule has 0 saturated carbocycles. The molecule has 0 atom stereocenters. The van der Waals surface area contributed by atoms with Gasteiger partial charge >= 0.3 is 5.97 Å². The first-order valence-corrected chi connectivity index (χ1v) is 10.7. The fourth-order valence-electron chi connectivity index (χ4n) is 2.95. The molecule has 0 saturated heterocycles. The van der Waals surface area contributed by atoms with Gasteiger partial charge in [0.2, 0.25) is 0 Å². The molecule has 0 aliphatic carbocycles. The maximum absolute atomic E-state index is 12.2. The van der Waals surface area contributed by atoms with E-state index >= 15 is 0 Å². The van der Waals surface area contributed by atoms with Crippen LogP contribution in [0.2, 0.25) is 0 Å². The van der Waals surface area contributed by atoms with Crippen LogP contribution < -0.4 is 0 Å². The van der Waals surface area contributed by atoms with Crippen LogP contribution in [-0.2, 0) is 20.3 Å². The molecule has 0 fully saturated rings. The van der Waals surface area contributed by atoms with Crippen molar-refractivity contribution in [3.8, 4) is 0 Å². The van der Waals surface area contributed by atoms with E-state index in [-0.39, 0.29) is 30.7 Å². The molecule has 0 unspecified atom stereocenters. The minimum atomic E-state index is -3.14. The Morgan fingerprint density at radius 1 is 0.964 bits per heavy atom. The first kappa shape index (κ1) is 19.8. The lowest BCUT2D eigenvalue weighted by atomic mass is 10.1. The summed E-state index contributed by atoms with van der Waals surface area (Å²) in [5.74, 6) is -1.32. The molecule has 8 heteroatoms. The topological polar surface area (TPSA) is 97.8 Å². The lowest BCUT2D eigenvalue weighted by Gasteiger charge is -2.13. The average Bonchev–Trinajstić information content (AvgIpc) is 2.89. The molecular weight excluding hydrogens is 382 g/mol. The second-order valence-corrected chi connectivity index (χ2v) is 8.70. The Morgan fingerprint density at radius 3 is 2.07 bits per heavy atom. The summed E-state index contributed by atoms with van der Waals surface area (Å²) in [6.07, 6.45) is 1.47. The van der Waals surface area contributed by atoms with Crippen molar-refractivity contribution in [2.24, 2.45) is 0 Å². The van der Waals surface area contributed by atoms with E-state index in [9.17, 15) is 22.8 Å². The minimum Gasteiger partial charge on any atom is -0.462 e. The fourth-order valence-corrected chi connectivity index (χ4v) is 3.75. The van der Waals surface area contributed by atoms with Gasteiger partial charge in [-0.05, 0) is 36.2 Å². The van der Waals surface area contributed by atoms with Crippen molar-refractivity contribution >= 4 is 27.6 Å². The standard InChI is InChI=1S/C20H19NO6S/c1-28(25,26)13-14-7-9-15(10-8-14)20(24)27-12-4-11-21-18(22)16-5-2-3-6-17(16)19(21)23/h2-3,5-10H,4,11-13H2,1H3. The van der Waals surface area contributed by atoms with Gasteiger partial charge < -0.3 is 4.74 Å². The van der Waals surface area contributed by atoms with E-state index in [1.165, 1.54) is 12.1 Å². The Kier molecular flexibility index (Phi) is 5.60. The molecule has 1 aliphatic rings. The van der Waals surface area contributed by atoms with Crippen LogP contribution in [-0.4, -0.2) is 50.5 Å². The van der Waals surface area contributed by atoms with Gasteiger partial charge in [0, 0.05) is 12.8 Å². The molecular formula is C20H19NO6S. The van der Waals surface area contributed by atoms with Crippen LogP contribution >= 0.6 is 0 Å². The SMILES string of the molecule is CS(=O)(=O)Cc1ccc(C(=O)OCCCN2C(=O)c3ccccc3C2=O)cc1. The monoisotopic (exact) mass is 401 g/mol. The highest BCUT2D eigenvalue weighted by atomic mass is 32.2. The van der Waals surface area contributed by atoms with Gasteiger partial charge in [-0.1, -0.05) is 24.3 Å². The van der Waals surface area contributed by atoms with Crippen molar-refractivity contribution in [1.82, 2.24) is 4.90 Å². The predicted octanol–water partition coefficient (Wildman–Crippen LogP) is 2.07. The highest BCUT2D eigenvalue weighted by Gasteiger charge is 2.34. The van der Waals surface area contributed by atoms with Gasteiger partial charge in [0.25, 0.3) is 11.8 Å². The summed E-state index contributed by atoms with van der Waals surface area (Å²) in [6, 6.07) is 12.8. The number of hydrogen-bond donors (Lipinski definition) is 0. The number of benzene rings is 2. The number of ether oxygens (including phenoxy) is 1.